The minimum Gasteiger partial charge on any atom is -0.507 e. The minimum absolute atomic E-state index is 0.000330. The molecule has 5 heteroatoms. The number of carbonyl (C=O) groups is 1. The molecule has 0 aliphatic heterocycles. The molecule has 0 saturated carbocycles. The first-order valence-corrected chi connectivity index (χ1v) is 6.68. The number of aromatic hydroxyl groups is 1. The van der Waals surface area contributed by atoms with Crippen LogP contribution in [-0.4, -0.2) is 17.1 Å². The van der Waals surface area contributed by atoms with Gasteiger partial charge in [0.05, 0.1) is 0 Å². The molecular weight excluding hydrogens is 308 g/mol. The molecule has 100 valence electrons. The van der Waals surface area contributed by atoms with E-state index in [9.17, 15) is 9.90 Å². The predicted molar refractivity (Wildman–Crippen MR) is 77.3 cm³/mol. The van der Waals surface area contributed by atoms with Gasteiger partial charge in [-0.2, -0.15) is 5.26 Å². The lowest BCUT2D eigenvalue weighted by molar-refractivity contribution is -0.117. The molecule has 0 aromatic heterocycles. The Morgan fingerprint density at radius 2 is 2.32 bits per heavy atom. The third-order valence-corrected chi connectivity index (χ3v) is 3.14. The van der Waals surface area contributed by atoms with Gasteiger partial charge in [-0.25, -0.2) is 0 Å². The molecule has 1 rings (SSSR count). The third-order valence-electron chi connectivity index (χ3n) is 2.64. The first-order valence-electron chi connectivity index (χ1n) is 5.89. The summed E-state index contributed by atoms with van der Waals surface area (Å²) >= 11 is 3.27. The van der Waals surface area contributed by atoms with Crippen LogP contribution in [0, 0.1) is 11.3 Å². The van der Waals surface area contributed by atoms with Crippen LogP contribution in [0.15, 0.2) is 28.2 Å². The maximum Gasteiger partial charge on any atom is 0.262 e. The molecule has 4 nitrogen and oxygen atoms in total. The van der Waals surface area contributed by atoms with Crippen molar-refractivity contribution in [1.29, 1.82) is 5.26 Å². The van der Waals surface area contributed by atoms with Crippen molar-refractivity contribution in [3.05, 3.63) is 33.8 Å². The molecule has 0 saturated heterocycles. The van der Waals surface area contributed by atoms with Crippen molar-refractivity contribution < 1.29 is 9.90 Å². The van der Waals surface area contributed by atoms with Crippen LogP contribution in [-0.2, 0) is 4.79 Å². The van der Waals surface area contributed by atoms with Gasteiger partial charge < -0.3 is 10.4 Å². The third kappa shape index (κ3) is 4.42. The monoisotopic (exact) mass is 322 g/mol. The summed E-state index contributed by atoms with van der Waals surface area (Å²) in [7, 11) is 0. The van der Waals surface area contributed by atoms with Gasteiger partial charge in [-0.1, -0.05) is 22.9 Å². The number of hydrogen-bond acceptors (Lipinski definition) is 3. The fraction of sp³-hybridized carbons (Fsp3) is 0.286. The molecule has 0 bridgehead atoms. The van der Waals surface area contributed by atoms with Gasteiger partial charge in [-0.05, 0) is 37.6 Å². The smallest absolute Gasteiger partial charge is 0.262 e. The van der Waals surface area contributed by atoms with E-state index in [0.717, 1.165) is 10.9 Å². The van der Waals surface area contributed by atoms with Crippen LogP contribution < -0.4 is 5.32 Å². The zero-order valence-corrected chi connectivity index (χ0v) is 12.4. The van der Waals surface area contributed by atoms with Crippen LogP contribution in [0.4, 0.5) is 0 Å². The average Bonchev–Trinajstić information content (AvgIpc) is 2.39. The van der Waals surface area contributed by atoms with Gasteiger partial charge in [0.1, 0.15) is 17.4 Å². The second-order valence-electron chi connectivity index (χ2n) is 4.16. The number of halogens is 1. The number of nitrogens with one attached hydrogen (secondary N) is 1. The van der Waals surface area contributed by atoms with Gasteiger partial charge in [0.15, 0.2) is 0 Å². The highest BCUT2D eigenvalue weighted by Crippen LogP contribution is 2.24. The van der Waals surface area contributed by atoms with Crippen molar-refractivity contribution in [3.8, 4) is 11.8 Å². The van der Waals surface area contributed by atoms with E-state index < -0.39 is 5.91 Å². The second-order valence-corrected chi connectivity index (χ2v) is 5.07. The summed E-state index contributed by atoms with van der Waals surface area (Å²) in [5.41, 5.74) is 0.388. The van der Waals surface area contributed by atoms with Gasteiger partial charge in [-0.3, -0.25) is 4.79 Å². The van der Waals surface area contributed by atoms with Crippen molar-refractivity contribution in [2.75, 3.05) is 0 Å². The number of rotatable bonds is 4. The summed E-state index contributed by atoms with van der Waals surface area (Å²) in [4.78, 5) is 11.8. The van der Waals surface area contributed by atoms with Crippen molar-refractivity contribution in [3.63, 3.8) is 0 Å². The molecule has 1 atom stereocenters. The highest BCUT2D eigenvalue weighted by Gasteiger charge is 2.12. The molecule has 1 aromatic carbocycles. The molecule has 0 spiro atoms. The van der Waals surface area contributed by atoms with Crippen LogP contribution in [0.2, 0.25) is 0 Å². The summed E-state index contributed by atoms with van der Waals surface area (Å²) < 4.78 is 0.760. The topological polar surface area (TPSA) is 73.1 Å². The molecule has 0 heterocycles. The standard InChI is InChI=1S/C14H15BrN2O2/c1-3-9(2)17-14(19)11(8-16)6-10-7-12(15)4-5-13(10)18/h4-7,9,18H,3H2,1-2H3,(H,17,19)/b11-6+/t9-/m1/s1. The molecule has 2 N–H and O–H groups in total. The highest BCUT2D eigenvalue weighted by atomic mass is 79.9. The Morgan fingerprint density at radius 3 is 2.89 bits per heavy atom. The van der Waals surface area contributed by atoms with Crippen molar-refractivity contribution >= 4 is 27.9 Å². The van der Waals surface area contributed by atoms with Gasteiger partial charge >= 0.3 is 0 Å². The van der Waals surface area contributed by atoms with Crippen molar-refractivity contribution in [2.45, 2.75) is 26.3 Å². The largest absolute Gasteiger partial charge is 0.507 e. The Bertz CT molecular complexity index is 547. The maximum absolute atomic E-state index is 11.8. The van der Waals surface area contributed by atoms with Crippen LogP contribution >= 0.6 is 15.9 Å². The zero-order valence-electron chi connectivity index (χ0n) is 10.8. The van der Waals surface area contributed by atoms with E-state index in [-0.39, 0.29) is 17.4 Å². The van der Waals surface area contributed by atoms with Gasteiger partial charge in [-0.15, -0.1) is 0 Å². The summed E-state index contributed by atoms with van der Waals surface area (Å²) in [5, 5.41) is 21.4. The quantitative estimate of drug-likeness (QED) is 0.661. The maximum atomic E-state index is 11.8. The van der Waals surface area contributed by atoms with E-state index in [2.05, 4.69) is 21.2 Å². The summed E-state index contributed by atoms with van der Waals surface area (Å²) in [6.07, 6.45) is 2.16. The van der Waals surface area contributed by atoms with Gasteiger partial charge in [0.2, 0.25) is 0 Å². The molecule has 0 aliphatic rings. The highest BCUT2D eigenvalue weighted by molar-refractivity contribution is 9.10. The van der Waals surface area contributed by atoms with Crippen LogP contribution in [0.5, 0.6) is 5.75 Å². The molecule has 0 unspecified atom stereocenters. The lowest BCUT2D eigenvalue weighted by atomic mass is 10.1. The summed E-state index contributed by atoms with van der Waals surface area (Å²) in [5.74, 6) is -0.413. The van der Waals surface area contributed by atoms with Crippen molar-refractivity contribution in [2.24, 2.45) is 0 Å². The van der Waals surface area contributed by atoms with E-state index in [1.54, 1.807) is 12.1 Å². The Hall–Kier alpha value is -1.80. The number of phenolic OH excluding ortho intramolecular Hbond substituents is 1. The fourth-order valence-electron chi connectivity index (χ4n) is 1.35. The number of hydrogen-bond donors (Lipinski definition) is 2. The van der Waals surface area contributed by atoms with E-state index >= 15 is 0 Å². The first-order chi connectivity index (χ1) is 8.97. The van der Waals surface area contributed by atoms with E-state index in [1.807, 2.05) is 19.9 Å². The molecule has 0 radical (unpaired) electrons. The van der Waals surface area contributed by atoms with Gasteiger partial charge in [0.25, 0.3) is 5.91 Å². The molecule has 19 heavy (non-hydrogen) atoms. The van der Waals surface area contributed by atoms with E-state index in [1.165, 1.54) is 12.1 Å². The number of amides is 1. The number of nitrogens with zero attached hydrogens (tertiary/aromatic N) is 1. The fourth-order valence-corrected chi connectivity index (χ4v) is 1.73. The van der Waals surface area contributed by atoms with Crippen LogP contribution in [0.3, 0.4) is 0 Å². The Balaban J connectivity index is 3.03. The Kier molecular flexibility index (Phi) is 5.58. The lowest BCUT2D eigenvalue weighted by Crippen LogP contribution is -2.32. The van der Waals surface area contributed by atoms with E-state index in [0.29, 0.717) is 5.56 Å². The number of benzene rings is 1. The number of phenols is 1. The molecular formula is C14H15BrN2O2. The summed E-state index contributed by atoms with van der Waals surface area (Å²) in [6, 6.07) is 6.67. The van der Waals surface area contributed by atoms with Crippen LogP contribution in [0.25, 0.3) is 6.08 Å². The SMILES string of the molecule is CC[C@@H](C)NC(=O)/C(C#N)=C/c1cc(Br)ccc1O. The average molecular weight is 323 g/mol. The molecule has 0 fully saturated rings. The molecule has 0 aliphatic carbocycles. The normalized spacial score (nSPS) is 12.6. The second kappa shape index (κ2) is 6.95. The number of nitriles is 1. The first kappa shape index (κ1) is 15.3. The number of carbonyl (C=O) groups excluding carboxylic acids is 1. The Morgan fingerprint density at radius 1 is 1.63 bits per heavy atom. The lowest BCUT2D eigenvalue weighted by Gasteiger charge is -2.10. The van der Waals surface area contributed by atoms with Gasteiger partial charge in [0, 0.05) is 16.1 Å². The molecule has 1 amide bonds. The van der Waals surface area contributed by atoms with E-state index in [4.69, 9.17) is 5.26 Å². The molecule has 1 aromatic rings. The van der Waals surface area contributed by atoms with Crippen LogP contribution in [0.1, 0.15) is 25.8 Å². The summed E-state index contributed by atoms with van der Waals surface area (Å²) in [6.45, 7) is 3.81. The zero-order chi connectivity index (χ0) is 14.4. The Labute approximate surface area is 120 Å². The minimum atomic E-state index is -0.434. The predicted octanol–water partition coefficient (Wildman–Crippen LogP) is 2.98. The van der Waals surface area contributed by atoms with Crippen molar-refractivity contribution in [1.82, 2.24) is 5.32 Å².